The van der Waals surface area contributed by atoms with Crippen molar-refractivity contribution < 1.29 is 9.59 Å². The molecule has 1 aliphatic heterocycles. The molecule has 2 rings (SSSR count). The summed E-state index contributed by atoms with van der Waals surface area (Å²) >= 11 is 0. The standard InChI is InChI=1S/C16H21NO2/c1-2-3-5-10-14-11-15(18)17(16(14)19)12-13-8-6-4-7-9-13/h4,6-9,14H,2-3,5,10-12H2,1H3. The van der Waals surface area contributed by atoms with Crippen molar-refractivity contribution in [1.29, 1.82) is 0 Å². The van der Waals surface area contributed by atoms with Crippen molar-refractivity contribution in [3.05, 3.63) is 35.9 Å². The minimum atomic E-state index is -0.0808. The van der Waals surface area contributed by atoms with Gasteiger partial charge >= 0.3 is 0 Å². The molecule has 0 bridgehead atoms. The van der Waals surface area contributed by atoms with Gasteiger partial charge in [-0.15, -0.1) is 0 Å². The van der Waals surface area contributed by atoms with Crippen LogP contribution in [0.25, 0.3) is 0 Å². The highest BCUT2D eigenvalue weighted by Gasteiger charge is 2.37. The number of nitrogens with zero attached hydrogens (tertiary/aromatic N) is 1. The number of unbranched alkanes of at least 4 members (excludes halogenated alkanes) is 2. The molecule has 3 heteroatoms. The molecule has 0 N–H and O–H groups in total. The van der Waals surface area contributed by atoms with E-state index in [2.05, 4.69) is 6.92 Å². The maximum atomic E-state index is 12.2. The molecule has 1 unspecified atom stereocenters. The highest BCUT2D eigenvalue weighted by molar-refractivity contribution is 6.03. The van der Waals surface area contributed by atoms with Crippen molar-refractivity contribution in [3.8, 4) is 0 Å². The first kappa shape index (κ1) is 13.8. The van der Waals surface area contributed by atoms with E-state index in [9.17, 15) is 9.59 Å². The second kappa shape index (κ2) is 6.50. The Hall–Kier alpha value is -1.64. The fourth-order valence-electron chi connectivity index (χ4n) is 2.55. The molecule has 1 aromatic carbocycles. The molecule has 1 atom stereocenters. The summed E-state index contributed by atoms with van der Waals surface area (Å²) < 4.78 is 0. The van der Waals surface area contributed by atoms with Gasteiger partial charge in [0.2, 0.25) is 11.8 Å². The molecule has 1 saturated heterocycles. The maximum Gasteiger partial charge on any atom is 0.233 e. The maximum absolute atomic E-state index is 12.2. The van der Waals surface area contributed by atoms with Gasteiger partial charge in [-0.3, -0.25) is 14.5 Å². The van der Waals surface area contributed by atoms with E-state index in [-0.39, 0.29) is 17.7 Å². The lowest BCUT2D eigenvalue weighted by Gasteiger charge is -2.15. The van der Waals surface area contributed by atoms with Crippen LogP contribution in [0.15, 0.2) is 30.3 Å². The van der Waals surface area contributed by atoms with Crippen LogP contribution in [-0.4, -0.2) is 16.7 Å². The molecule has 2 amide bonds. The number of benzene rings is 1. The van der Waals surface area contributed by atoms with Crippen molar-refractivity contribution in [2.24, 2.45) is 5.92 Å². The Bertz CT molecular complexity index is 441. The topological polar surface area (TPSA) is 37.4 Å². The van der Waals surface area contributed by atoms with Crippen LogP contribution in [0, 0.1) is 5.92 Å². The number of carbonyl (C=O) groups excluding carboxylic acids is 2. The highest BCUT2D eigenvalue weighted by atomic mass is 16.2. The second-order valence-electron chi connectivity index (χ2n) is 5.20. The Balaban J connectivity index is 1.95. The van der Waals surface area contributed by atoms with E-state index in [1.807, 2.05) is 30.3 Å². The SMILES string of the molecule is CCCCCC1CC(=O)N(Cc2ccccc2)C1=O. The van der Waals surface area contributed by atoms with Crippen molar-refractivity contribution in [1.82, 2.24) is 4.90 Å². The second-order valence-corrected chi connectivity index (χ2v) is 5.20. The molecule has 19 heavy (non-hydrogen) atoms. The molecule has 0 aliphatic carbocycles. The Morgan fingerprint density at radius 1 is 1.16 bits per heavy atom. The van der Waals surface area contributed by atoms with Gasteiger partial charge in [0.25, 0.3) is 0 Å². The van der Waals surface area contributed by atoms with E-state index < -0.39 is 0 Å². The summed E-state index contributed by atoms with van der Waals surface area (Å²) in [5.74, 6) is -0.0805. The van der Waals surface area contributed by atoms with E-state index in [4.69, 9.17) is 0 Å². The third-order valence-electron chi connectivity index (χ3n) is 3.68. The summed E-state index contributed by atoms with van der Waals surface area (Å²) in [7, 11) is 0. The lowest BCUT2D eigenvalue weighted by Crippen LogP contribution is -2.30. The third-order valence-corrected chi connectivity index (χ3v) is 3.68. The number of carbonyl (C=O) groups is 2. The first-order valence-corrected chi connectivity index (χ1v) is 7.10. The number of imide groups is 1. The number of rotatable bonds is 6. The van der Waals surface area contributed by atoms with Gasteiger partial charge in [-0.05, 0) is 12.0 Å². The molecule has 1 aliphatic rings. The Kier molecular flexibility index (Phi) is 4.72. The number of amides is 2. The monoisotopic (exact) mass is 259 g/mol. The number of likely N-dealkylation sites (tertiary alicyclic amines) is 1. The van der Waals surface area contributed by atoms with Crippen LogP contribution in [-0.2, 0) is 16.1 Å². The zero-order valence-corrected chi connectivity index (χ0v) is 11.5. The number of hydrogen-bond acceptors (Lipinski definition) is 2. The van der Waals surface area contributed by atoms with Crippen LogP contribution < -0.4 is 0 Å². The first-order valence-electron chi connectivity index (χ1n) is 7.10. The predicted molar refractivity (Wildman–Crippen MR) is 74.2 cm³/mol. The van der Waals surface area contributed by atoms with Crippen molar-refractivity contribution in [3.63, 3.8) is 0 Å². The molecule has 0 saturated carbocycles. The molecule has 3 nitrogen and oxygen atoms in total. The van der Waals surface area contributed by atoms with Crippen LogP contribution >= 0.6 is 0 Å². The van der Waals surface area contributed by atoms with Crippen molar-refractivity contribution >= 4 is 11.8 Å². The molecule has 1 aromatic rings. The minimum absolute atomic E-state index is 0.0182. The molecule has 0 aromatic heterocycles. The van der Waals surface area contributed by atoms with E-state index in [1.165, 1.54) is 4.90 Å². The zero-order chi connectivity index (χ0) is 13.7. The van der Waals surface area contributed by atoms with Gasteiger partial charge in [-0.1, -0.05) is 56.5 Å². The molecule has 1 fully saturated rings. The molecule has 0 radical (unpaired) electrons. The van der Waals surface area contributed by atoms with E-state index in [0.29, 0.717) is 13.0 Å². The van der Waals surface area contributed by atoms with Gasteiger partial charge in [0, 0.05) is 12.3 Å². The normalized spacial score (nSPS) is 19.2. The van der Waals surface area contributed by atoms with Crippen LogP contribution in [0.3, 0.4) is 0 Å². The summed E-state index contributed by atoms with van der Waals surface area (Å²) in [6, 6.07) is 9.69. The van der Waals surface area contributed by atoms with Crippen LogP contribution in [0.2, 0.25) is 0 Å². The fourth-order valence-corrected chi connectivity index (χ4v) is 2.55. The minimum Gasteiger partial charge on any atom is -0.278 e. The molecule has 102 valence electrons. The van der Waals surface area contributed by atoms with Gasteiger partial charge in [-0.2, -0.15) is 0 Å². The molecular weight excluding hydrogens is 238 g/mol. The van der Waals surface area contributed by atoms with Crippen molar-refractivity contribution in [2.75, 3.05) is 0 Å². The zero-order valence-electron chi connectivity index (χ0n) is 11.5. The quantitative estimate of drug-likeness (QED) is 0.581. The predicted octanol–water partition coefficient (Wildman–Crippen LogP) is 3.14. The molecular formula is C16H21NO2. The average molecular weight is 259 g/mol. The van der Waals surface area contributed by atoms with Gasteiger partial charge < -0.3 is 0 Å². The van der Waals surface area contributed by atoms with E-state index in [1.54, 1.807) is 0 Å². The largest absolute Gasteiger partial charge is 0.278 e. The first-order chi connectivity index (χ1) is 9.22. The van der Waals surface area contributed by atoms with Gasteiger partial charge in [-0.25, -0.2) is 0 Å². The lowest BCUT2D eigenvalue weighted by molar-refractivity contribution is -0.140. The van der Waals surface area contributed by atoms with E-state index >= 15 is 0 Å². The highest BCUT2D eigenvalue weighted by Crippen LogP contribution is 2.26. The number of hydrogen-bond donors (Lipinski definition) is 0. The lowest BCUT2D eigenvalue weighted by atomic mass is 10.00. The smallest absolute Gasteiger partial charge is 0.233 e. The van der Waals surface area contributed by atoms with Crippen LogP contribution in [0.1, 0.15) is 44.6 Å². The van der Waals surface area contributed by atoms with Crippen molar-refractivity contribution in [2.45, 2.75) is 45.6 Å². The molecule has 0 spiro atoms. The van der Waals surface area contributed by atoms with Gasteiger partial charge in [0.1, 0.15) is 0 Å². The summed E-state index contributed by atoms with van der Waals surface area (Å²) in [4.78, 5) is 25.6. The fraction of sp³-hybridized carbons (Fsp3) is 0.500. The van der Waals surface area contributed by atoms with Gasteiger partial charge in [0.15, 0.2) is 0 Å². The summed E-state index contributed by atoms with van der Waals surface area (Å²) in [6.07, 6.45) is 4.57. The van der Waals surface area contributed by atoms with Gasteiger partial charge in [0.05, 0.1) is 6.54 Å². The Morgan fingerprint density at radius 3 is 2.58 bits per heavy atom. The summed E-state index contributed by atoms with van der Waals surface area (Å²) in [5, 5.41) is 0. The average Bonchev–Trinajstić information content (AvgIpc) is 2.68. The van der Waals surface area contributed by atoms with Crippen LogP contribution in [0.5, 0.6) is 0 Å². The summed E-state index contributed by atoms with van der Waals surface area (Å²) in [6.45, 7) is 2.56. The summed E-state index contributed by atoms with van der Waals surface area (Å²) in [5.41, 5.74) is 1.01. The molecule has 1 heterocycles. The Labute approximate surface area is 114 Å². The Morgan fingerprint density at radius 2 is 1.89 bits per heavy atom. The third kappa shape index (κ3) is 3.43. The van der Waals surface area contributed by atoms with E-state index in [0.717, 1.165) is 31.2 Å². The van der Waals surface area contributed by atoms with Crippen LogP contribution in [0.4, 0.5) is 0 Å².